The van der Waals surface area contributed by atoms with Gasteiger partial charge in [0, 0.05) is 17.7 Å². The van der Waals surface area contributed by atoms with Crippen LogP contribution in [0.4, 0.5) is 5.69 Å². The van der Waals surface area contributed by atoms with Crippen LogP contribution in [0, 0.1) is 10.1 Å². The molecule has 0 fully saturated rings. The van der Waals surface area contributed by atoms with E-state index in [1.165, 1.54) is 24.4 Å². The number of nitro groups is 1. The van der Waals surface area contributed by atoms with Gasteiger partial charge in [0.25, 0.3) is 11.6 Å². The summed E-state index contributed by atoms with van der Waals surface area (Å²) >= 11 is 5.94. The molecule has 0 aliphatic carbocycles. The van der Waals surface area contributed by atoms with E-state index in [-0.39, 0.29) is 27.6 Å². The standard InChI is InChI=1S/C19H12ClN3O7/c20-15-7-10(1-4-13(15)19(26)27)17-6-3-12(30-17)9-21-22-18(25)14-8-11(23(28)29)2-5-16(14)24/h1-9,24H,(H,22,25)(H,26,27)/b21-9-. The van der Waals surface area contributed by atoms with Crippen molar-refractivity contribution in [3.8, 4) is 17.1 Å². The molecule has 0 aliphatic heterocycles. The summed E-state index contributed by atoms with van der Waals surface area (Å²) in [7, 11) is 0. The maximum Gasteiger partial charge on any atom is 0.337 e. The van der Waals surface area contributed by atoms with Gasteiger partial charge in [0.1, 0.15) is 17.3 Å². The number of carboxylic acid groups (broad SMARTS) is 1. The SMILES string of the molecule is O=C(N/N=C\c1ccc(-c2ccc(C(=O)O)c(Cl)c2)o1)c1cc([N+](=O)[O-])ccc1O. The summed E-state index contributed by atoms with van der Waals surface area (Å²) in [5.41, 5.74) is 1.96. The van der Waals surface area contributed by atoms with E-state index in [0.717, 1.165) is 18.2 Å². The highest BCUT2D eigenvalue weighted by Crippen LogP contribution is 2.27. The second-order valence-electron chi connectivity index (χ2n) is 5.86. The minimum Gasteiger partial charge on any atom is -0.507 e. The number of rotatable bonds is 6. The number of aromatic carboxylic acids is 1. The van der Waals surface area contributed by atoms with Gasteiger partial charge in [-0.2, -0.15) is 5.10 Å². The number of halogens is 1. The van der Waals surface area contributed by atoms with Gasteiger partial charge in [0.2, 0.25) is 0 Å². The first kappa shape index (κ1) is 20.6. The number of nitrogens with zero attached hydrogens (tertiary/aromatic N) is 2. The lowest BCUT2D eigenvalue weighted by Crippen LogP contribution is -2.17. The number of nitro benzene ring substituents is 1. The molecule has 0 unspecified atom stereocenters. The predicted octanol–water partition coefficient (Wildman–Crippen LogP) is 3.68. The third-order valence-electron chi connectivity index (χ3n) is 3.90. The summed E-state index contributed by atoms with van der Waals surface area (Å²) in [6, 6.07) is 10.5. The van der Waals surface area contributed by atoms with E-state index in [9.17, 15) is 24.8 Å². The normalized spacial score (nSPS) is 10.8. The molecule has 0 bridgehead atoms. The Kier molecular flexibility index (Phi) is 5.79. The van der Waals surface area contributed by atoms with Gasteiger partial charge in [0.15, 0.2) is 0 Å². The van der Waals surface area contributed by atoms with Gasteiger partial charge in [-0.15, -0.1) is 0 Å². The highest BCUT2D eigenvalue weighted by atomic mass is 35.5. The van der Waals surface area contributed by atoms with Crippen LogP contribution in [0.25, 0.3) is 11.3 Å². The van der Waals surface area contributed by atoms with Gasteiger partial charge >= 0.3 is 5.97 Å². The Labute approximate surface area is 173 Å². The van der Waals surface area contributed by atoms with E-state index < -0.39 is 22.5 Å². The largest absolute Gasteiger partial charge is 0.507 e. The Morgan fingerprint density at radius 1 is 1.13 bits per heavy atom. The lowest BCUT2D eigenvalue weighted by molar-refractivity contribution is -0.384. The molecule has 3 N–H and O–H groups in total. The number of non-ortho nitro benzene ring substituents is 1. The number of hydrogen-bond donors (Lipinski definition) is 3. The predicted molar refractivity (Wildman–Crippen MR) is 106 cm³/mol. The zero-order valence-corrected chi connectivity index (χ0v) is 15.7. The van der Waals surface area contributed by atoms with Crippen LogP contribution < -0.4 is 5.43 Å². The molecule has 152 valence electrons. The van der Waals surface area contributed by atoms with Crippen LogP contribution in [0.2, 0.25) is 5.02 Å². The number of carbonyl (C=O) groups excluding carboxylic acids is 1. The molecule has 3 rings (SSSR count). The van der Waals surface area contributed by atoms with Crippen molar-refractivity contribution in [1.29, 1.82) is 0 Å². The van der Waals surface area contributed by atoms with E-state index in [4.69, 9.17) is 21.1 Å². The lowest BCUT2D eigenvalue weighted by Gasteiger charge is -2.02. The molecule has 0 aliphatic rings. The minimum atomic E-state index is -1.15. The van der Waals surface area contributed by atoms with Gasteiger partial charge in [-0.1, -0.05) is 17.7 Å². The van der Waals surface area contributed by atoms with Crippen LogP contribution in [-0.2, 0) is 0 Å². The molecular formula is C19H12ClN3O7. The van der Waals surface area contributed by atoms with Crippen LogP contribution in [-0.4, -0.2) is 33.2 Å². The number of hydrogen-bond acceptors (Lipinski definition) is 7. The number of aromatic hydroxyl groups is 1. The van der Waals surface area contributed by atoms with Gasteiger partial charge in [0.05, 0.1) is 27.3 Å². The average Bonchev–Trinajstić information content (AvgIpc) is 3.16. The van der Waals surface area contributed by atoms with Crippen LogP contribution in [0.3, 0.4) is 0 Å². The first-order valence-electron chi connectivity index (χ1n) is 8.20. The molecule has 0 spiro atoms. The monoisotopic (exact) mass is 429 g/mol. The zero-order chi connectivity index (χ0) is 21.8. The van der Waals surface area contributed by atoms with Gasteiger partial charge in [-0.25, -0.2) is 10.2 Å². The molecule has 0 atom stereocenters. The molecule has 1 heterocycles. The second-order valence-corrected chi connectivity index (χ2v) is 6.27. The Morgan fingerprint density at radius 3 is 2.57 bits per heavy atom. The fourth-order valence-corrected chi connectivity index (χ4v) is 2.71. The molecule has 30 heavy (non-hydrogen) atoms. The number of phenolic OH excluding ortho intramolecular Hbond substituents is 1. The Balaban J connectivity index is 1.71. The molecule has 0 radical (unpaired) electrons. The molecule has 1 aromatic heterocycles. The van der Waals surface area contributed by atoms with Crippen molar-refractivity contribution < 1.29 is 29.1 Å². The van der Waals surface area contributed by atoms with E-state index >= 15 is 0 Å². The number of carbonyl (C=O) groups is 2. The smallest absolute Gasteiger partial charge is 0.337 e. The van der Waals surface area contributed by atoms with Crippen molar-refractivity contribution in [1.82, 2.24) is 5.43 Å². The zero-order valence-electron chi connectivity index (χ0n) is 14.9. The van der Waals surface area contributed by atoms with Crippen LogP contribution in [0.1, 0.15) is 26.5 Å². The topological polar surface area (TPSA) is 155 Å². The minimum absolute atomic E-state index is 0.0409. The number of carboxylic acids is 1. The van der Waals surface area contributed by atoms with Crippen molar-refractivity contribution in [2.24, 2.45) is 5.10 Å². The first-order chi connectivity index (χ1) is 14.3. The fraction of sp³-hybridized carbons (Fsp3) is 0. The van der Waals surface area contributed by atoms with Crippen LogP contribution in [0.5, 0.6) is 5.75 Å². The molecule has 0 saturated heterocycles. The van der Waals surface area contributed by atoms with Crippen LogP contribution in [0.15, 0.2) is 58.0 Å². The van der Waals surface area contributed by atoms with Gasteiger partial charge in [-0.3, -0.25) is 14.9 Å². The third-order valence-corrected chi connectivity index (χ3v) is 4.22. The summed E-state index contributed by atoms with van der Waals surface area (Å²) in [5, 5.41) is 33.2. The number of amides is 1. The molecule has 3 aromatic rings. The van der Waals surface area contributed by atoms with Gasteiger partial charge in [-0.05, 0) is 30.3 Å². The number of benzene rings is 2. The molecule has 11 heteroatoms. The fourth-order valence-electron chi connectivity index (χ4n) is 2.45. The van der Waals surface area contributed by atoms with E-state index in [0.29, 0.717) is 11.3 Å². The molecule has 2 aromatic carbocycles. The molecular weight excluding hydrogens is 418 g/mol. The number of nitrogens with one attached hydrogen (secondary N) is 1. The average molecular weight is 430 g/mol. The quantitative estimate of drug-likeness (QED) is 0.306. The van der Waals surface area contributed by atoms with Crippen molar-refractivity contribution in [2.45, 2.75) is 0 Å². The summed E-state index contributed by atoms with van der Waals surface area (Å²) in [4.78, 5) is 33.2. The van der Waals surface area contributed by atoms with E-state index in [1.807, 2.05) is 0 Å². The second kappa shape index (κ2) is 8.45. The molecule has 0 saturated carbocycles. The molecule has 1 amide bonds. The van der Waals surface area contributed by atoms with E-state index in [2.05, 4.69) is 10.5 Å². The van der Waals surface area contributed by atoms with Crippen molar-refractivity contribution in [3.05, 3.63) is 80.6 Å². The maximum absolute atomic E-state index is 12.1. The Morgan fingerprint density at radius 2 is 1.90 bits per heavy atom. The third kappa shape index (κ3) is 4.45. The van der Waals surface area contributed by atoms with Crippen molar-refractivity contribution in [2.75, 3.05) is 0 Å². The summed E-state index contributed by atoms with van der Waals surface area (Å²) in [6.07, 6.45) is 1.18. The number of furan rings is 1. The van der Waals surface area contributed by atoms with Crippen molar-refractivity contribution in [3.63, 3.8) is 0 Å². The number of hydrazone groups is 1. The summed E-state index contributed by atoms with van der Waals surface area (Å²) in [5.74, 6) is -1.79. The van der Waals surface area contributed by atoms with Crippen LogP contribution >= 0.6 is 11.6 Å². The van der Waals surface area contributed by atoms with E-state index in [1.54, 1.807) is 12.1 Å². The Bertz CT molecular complexity index is 1190. The number of phenols is 1. The van der Waals surface area contributed by atoms with Crippen molar-refractivity contribution >= 4 is 35.4 Å². The lowest BCUT2D eigenvalue weighted by atomic mass is 10.1. The molecule has 10 nitrogen and oxygen atoms in total. The summed E-state index contributed by atoms with van der Waals surface area (Å²) < 4.78 is 5.54. The Hall–Kier alpha value is -4.18. The van der Waals surface area contributed by atoms with Gasteiger partial charge < -0.3 is 14.6 Å². The highest BCUT2D eigenvalue weighted by Gasteiger charge is 2.16. The highest BCUT2D eigenvalue weighted by molar-refractivity contribution is 6.33. The first-order valence-corrected chi connectivity index (χ1v) is 8.58. The maximum atomic E-state index is 12.1. The summed E-state index contributed by atoms with van der Waals surface area (Å²) in [6.45, 7) is 0.